The van der Waals surface area contributed by atoms with Crippen molar-refractivity contribution in [3.8, 4) is 0 Å². The molecule has 0 saturated heterocycles. The van der Waals surface area contributed by atoms with Crippen molar-refractivity contribution in [1.82, 2.24) is 9.88 Å². The Labute approximate surface area is 70.8 Å². The lowest BCUT2D eigenvalue weighted by molar-refractivity contribution is 0.0691. The molecule has 4 heteroatoms. The van der Waals surface area contributed by atoms with Crippen molar-refractivity contribution >= 4 is 5.97 Å². The summed E-state index contributed by atoms with van der Waals surface area (Å²) in [7, 11) is 3.88. The average molecular weight is 168 g/mol. The summed E-state index contributed by atoms with van der Waals surface area (Å²) >= 11 is 0. The van der Waals surface area contributed by atoms with Gasteiger partial charge in [-0.1, -0.05) is 0 Å². The van der Waals surface area contributed by atoms with E-state index >= 15 is 0 Å². The monoisotopic (exact) mass is 168 g/mol. The van der Waals surface area contributed by atoms with Crippen LogP contribution < -0.4 is 0 Å². The van der Waals surface area contributed by atoms with Gasteiger partial charge in [-0.2, -0.15) is 0 Å². The van der Waals surface area contributed by atoms with Crippen molar-refractivity contribution in [3.63, 3.8) is 0 Å². The second kappa shape index (κ2) is 3.40. The molecule has 4 nitrogen and oxygen atoms in total. The number of nitrogens with zero attached hydrogens (tertiary/aromatic N) is 1. The van der Waals surface area contributed by atoms with Crippen LogP contribution in [0.1, 0.15) is 16.1 Å². The molecule has 0 aliphatic rings. The molecular weight excluding hydrogens is 156 g/mol. The maximum atomic E-state index is 10.5. The van der Waals surface area contributed by atoms with Gasteiger partial charge in [-0.3, -0.25) is 0 Å². The summed E-state index contributed by atoms with van der Waals surface area (Å²) in [6, 6.07) is 1.64. The number of aromatic carboxylic acids is 1. The first kappa shape index (κ1) is 8.80. The minimum Gasteiger partial charge on any atom is -0.477 e. The Hall–Kier alpha value is -1.29. The number of carboxylic acids is 1. The van der Waals surface area contributed by atoms with Crippen LogP contribution in [0.5, 0.6) is 0 Å². The lowest BCUT2D eigenvalue weighted by Crippen LogP contribution is -2.09. The third kappa shape index (κ3) is 2.10. The van der Waals surface area contributed by atoms with Crippen LogP contribution in [-0.2, 0) is 6.54 Å². The van der Waals surface area contributed by atoms with E-state index in [0.717, 1.165) is 12.1 Å². The number of carbonyl (C=O) groups is 1. The topological polar surface area (TPSA) is 56.3 Å². The van der Waals surface area contributed by atoms with Gasteiger partial charge in [0.1, 0.15) is 5.69 Å². The summed E-state index contributed by atoms with van der Waals surface area (Å²) < 4.78 is 0. The molecule has 0 radical (unpaired) electrons. The fraction of sp³-hybridized carbons (Fsp3) is 0.375. The molecule has 0 amide bonds. The molecule has 0 saturated carbocycles. The zero-order valence-corrected chi connectivity index (χ0v) is 7.16. The zero-order valence-electron chi connectivity index (χ0n) is 7.16. The van der Waals surface area contributed by atoms with E-state index < -0.39 is 5.97 Å². The highest BCUT2D eigenvalue weighted by Crippen LogP contribution is 2.04. The Morgan fingerprint density at radius 2 is 2.33 bits per heavy atom. The molecule has 12 heavy (non-hydrogen) atoms. The van der Waals surface area contributed by atoms with Crippen molar-refractivity contribution in [2.75, 3.05) is 14.1 Å². The summed E-state index contributed by atoms with van der Waals surface area (Å²) in [6.45, 7) is 0.754. The molecule has 0 aliphatic heterocycles. The number of nitrogens with one attached hydrogen (secondary N) is 1. The molecule has 1 aromatic rings. The van der Waals surface area contributed by atoms with E-state index in [4.69, 9.17) is 5.11 Å². The van der Waals surface area contributed by atoms with E-state index in [-0.39, 0.29) is 5.69 Å². The molecule has 0 atom stereocenters. The maximum absolute atomic E-state index is 10.5. The number of rotatable bonds is 3. The molecule has 1 rings (SSSR count). The quantitative estimate of drug-likeness (QED) is 0.701. The average Bonchev–Trinajstić information content (AvgIpc) is 2.34. The summed E-state index contributed by atoms with van der Waals surface area (Å²) in [6.07, 6.45) is 1.71. The summed E-state index contributed by atoms with van der Waals surface area (Å²) in [5.41, 5.74) is 1.23. The molecule has 1 heterocycles. The highest BCUT2D eigenvalue weighted by Gasteiger charge is 2.05. The molecular formula is C8H12N2O2. The van der Waals surface area contributed by atoms with E-state index in [0.29, 0.717) is 0 Å². The highest BCUT2D eigenvalue weighted by molar-refractivity contribution is 5.85. The van der Waals surface area contributed by atoms with E-state index in [9.17, 15) is 4.79 Å². The van der Waals surface area contributed by atoms with Gasteiger partial charge >= 0.3 is 5.97 Å². The molecule has 0 aliphatic carbocycles. The van der Waals surface area contributed by atoms with Crippen LogP contribution in [-0.4, -0.2) is 35.1 Å². The first-order chi connectivity index (χ1) is 5.59. The van der Waals surface area contributed by atoms with E-state index in [1.165, 1.54) is 0 Å². The fourth-order valence-corrected chi connectivity index (χ4v) is 1.02. The van der Waals surface area contributed by atoms with Gasteiger partial charge < -0.3 is 15.0 Å². The van der Waals surface area contributed by atoms with Gasteiger partial charge in [0, 0.05) is 12.7 Å². The Kier molecular flexibility index (Phi) is 2.50. The number of hydrogen-bond donors (Lipinski definition) is 2. The third-order valence-electron chi connectivity index (χ3n) is 1.47. The molecule has 0 spiro atoms. The molecule has 0 bridgehead atoms. The van der Waals surface area contributed by atoms with Gasteiger partial charge in [0.05, 0.1) is 0 Å². The van der Waals surface area contributed by atoms with Crippen LogP contribution in [0.4, 0.5) is 0 Å². The highest BCUT2D eigenvalue weighted by atomic mass is 16.4. The number of H-pyrrole nitrogens is 1. The molecule has 1 aromatic heterocycles. The predicted molar refractivity (Wildman–Crippen MR) is 45.1 cm³/mol. The number of carboxylic acid groups (broad SMARTS) is 1. The van der Waals surface area contributed by atoms with Crippen LogP contribution >= 0.6 is 0 Å². The number of hydrogen-bond acceptors (Lipinski definition) is 2. The normalized spacial score (nSPS) is 10.6. The van der Waals surface area contributed by atoms with Crippen molar-refractivity contribution in [2.45, 2.75) is 6.54 Å². The summed E-state index contributed by atoms with van der Waals surface area (Å²) in [4.78, 5) is 15.1. The molecule has 0 unspecified atom stereocenters. The van der Waals surface area contributed by atoms with Crippen LogP contribution in [0.15, 0.2) is 12.3 Å². The van der Waals surface area contributed by atoms with Gasteiger partial charge in [0.15, 0.2) is 0 Å². The Bertz CT molecular complexity index is 278. The number of aromatic amines is 1. The van der Waals surface area contributed by atoms with E-state index in [1.807, 2.05) is 19.0 Å². The lowest BCUT2D eigenvalue weighted by atomic mass is 10.3. The second-order valence-corrected chi connectivity index (χ2v) is 2.96. The fourth-order valence-electron chi connectivity index (χ4n) is 1.02. The molecule has 2 N–H and O–H groups in total. The smallest absolute Gasteiger partial charge is 0.352 e. The first-order valence-corrected chi connectivity index (χ1v) is 3.65. The van der Waals surface area contributed by atoms with Crippen molar-refractivity contribution in [1.29, 1.82) is 0 Å². The van der Waals surface area contributed by atoms with Crippen molar-refractivity contribution in [3.05, 3.63) is 23.5 Å². The van der Waals surface area contributed by atoms with Gasteiger partial charge in [-0.25, -0.2) is 4.79 Å². The van der Waals surface area contributed by atoms with Crippen LogP contribution in [0.25, 0.3) is 0 Å². The largest absolute Gasteiger partial charge is 0.477 e. The van der Waals surface area contributed by atoms with Crippen LogP contribution in [0.2, 0.25) is 0 Å². The van der Waals surface area contributed by atoms with Gasteiger partial charge in [0.25, 0.3) is 0 Å². The standard InChI is InChI=1S/C8H12N2O2/c1-10(2)5-6-3-7(8(11)12)9-4-6/h3-4,9H,5H2,1-2H3,(H,11,12). The Morgan fingerprint density at radius 1 is 1.67 bits per heavy atom. The predicted octanol–water partition coefficient (Wildman–Crippen LogP) is 0.775. The minimum atomic E-state index is -0.917. The summed E-state index contributed by atoms with van der Waals surface area (Å²) in [5, 5.41) is 8.59. The van der Waals surface area contributed by atoms with Gasteiger partial charge in [-0.15, -0.1) is 0 Å². The molecule has 0 fully saturated rings. The second-order valence-electron chi connectivity index (χ2n) is 2.96. The van der Waals surface area contributed by atoms with Crippen LogP contribution in [0.3, 0.4) is 0 Å². The van der Waals surface area contributed by atoms with Gasteiger partial charge in [-0.05, 0) is 25.7 Å². The minimum absolute atomic E-state index is 0.242. The number of aromatic nitrogens is 1. The van der Waals surface area contributed by atoms with E-state index in [1.54, 1.807) is 12.3 Å². The van der Waals surface area contributed by atoms with Crippen LogP contribution in [0, 0.1) is 0 Å². The Morgan fingerprint density at radius 3 is 2.75 bits per heavy atom. The van der Waals surface area contributed by atoms with Crippen molar-refractivity contribution < 1.29 is 9.90 Å². The van der Waals surface area contributed by atoms with Gasteiger partial charge in [0.2, 0.25) is 0 Å². The Balaban J connectivity index is 2.71. The van der Waals surface area contributed by atoms with Crippen molar-refractivity contribution in [2.24, 2.45) is 0 Å². The summed E-state index contributed by atoms with van der Waals surface area (Å²) in [5.74, 6) is -0.917. The maximum Gasteiger partial charge on any atom is 0.352 e. The lowest BCUT2D eigenvalue weighted by Gasteiger charge is -2.05. The van der Waals surface area contributed by atoms with E-state index in [2.05, 4.69) is 4.98 Å². The SMILES string of the molecule is CN(C)Cc1c[nH]c(C(=O)O)c1. The molecule has 0 aromatic carbocycles. The molecule has 66 valence electrons. The first-order valence-electron chi connectivity index (χ1n) is 3.65. The zero-order chi connectivity index (χ0) is 9.14. The third-order valence-corrected chi connectivity index (χ3v) is 1.47.